The Morgan fingerprint density at radius 3 is 2.38 bits per heavy atom. The van der Waals surface area contributed by atoms with E-state index < -0.39 is 21.7 Å². The van der Waals surface area contributed by atoms with Crippen molar-refractivity contribution >= 4 is 16.1 Å². The number of ether oxygens (including phenoxy) is 2. The molecule has 0 spiro atoms. The van der Waals surface area contributed by atoms with Gasteiger partial charge in [-0.25, -0.2) is 18.6 Å². The number of carbonyl (C=O) groups excluding carboxylic acids is 1. The first kappa shape index (κ1) is 17.3. The quantitative estimate of drug-likeness (QED) is 0.825. The van der Waals surface area contributed by atoms with Gasteiger partial charge in [0.15, 0.2) is 0 Å². The molecular formula is C13H20N2O5S. The van der Waals surface area contributed by atoms with Crippen molar-refractivity contribution < 1.29 is 22.7 Å². The van der Waals surface area contributed by atoms with Crippen LogP contribution in [0.2, 0.25) is 0 Å². The fourth-order valence-electron chi connectivity index (χ4n) is 1.46. The molecule has 0 atom stereocenters. The summed E-state index contributed by atoms with van der Waals surface area (Å²) in [5.74, 6) is 0.180. The van der Waals surface area contributed by atoms with Gasteiger partial charge in [0, 0.05) is 0 Å². The molecular weight excluding hydrogens is 296 g/mol. The van der Waals surface area contributed by atoms with Gasteiger partial charge in [-0.1, -0.05) is 6.07 Å². The van der Waals surface area contributed by atoms with Gasteiger partial charge in [0.05, 0.1) is 7.11 Å². The number of aryl methyl sites for hydroxylation is 1. The number of methoxy groups -OCH3 is 1. The normalized spacial score (nSPS) is 11.9. The predicted molar refractivity (Wildman–Crippen MR) is 77.4 cm³/mol. The summed E-state index contributed by atoms with van der Waals surface area (Å²) in [5.41, 5.74) is 2.01. The van der Waals surface area contributed by atoms with Crippen LogP contribution in [0.25, 0.3) is 0 Å². The number of rotatable bonds is 4. The molecule has 0 aliphatic rings. The highest BCUT2D eigenvalue weighted by Crippen LogP contribution is 2.24. The third-order valence-electron chi connectivity index (χ3n) is 2.29. The zero-order valence-electron chi connectivity index (χ0n) is 12.7. The summed E-state index contributed by atoms with van der Waals surface area (Å²) in [6.07, 6.45) is -0.891. The van der Waals surface area contributed by atoms with Crippen molar-refractivity contribution in [1.82, 2.24) is 10.3 Å². The molecule has 7 nitrogen and oxygen atoms in total. The molecule has 0 aliphatic heterocycles. The number of sulfonamides is 1. The lowest BCUT2D eigenvalue weighted by Gasteiger charge is -2.20. The van der Waals surface area contributed by atoms with Crippen LogP contribution >= 0.6 is 0 Å². The molecule has 0 aromatic heterocycles. The first-order valence-corrected chi connectivity index (χ1v) is 7.69. The van der Waals surface area contributed by atoms with Crippen molar-refractivity contribution in [3.8, 4) is 5.75 Å². The Morgan fingerprint density at radius 1 is 1.24 bits per heavy atom. The Kier molecular flexibility index (Phi) is 5.19. The Labute approximate surface area is 124 Å². The van der Waals surface area contributed by atoms with E-state index in [4.69, 9.17) is 9.47 Å². The van der Waals surface area contributed by atoms with Crippen molar-refractivity contribution in [2.24, 2.45) is 0 Å². The van der Waals surface area contributed by atoms with Crippen LogP contribution in [0, 0.1) is 6.92 Å². The molecule has 8 heteroatoms. The van der Waals surface area contributed by atoms with Crippen molar-refractivity contribution in [3.63, 3.8) is 0 Å². The van der Waals surface area contributed by atoms with Crippen LogP contribution in [0.1, 0.15) is 26.3 Å². The number of nitrogens with one attached hydrogen (secondary N) is 2. The minimum Gasteiger partial charge on any atom is -0.495 e. The van der Waals surface area contributed by atoms with Crippen LogP contribution in [0.15, 0.2) is 23.1 Å². The fraction of sp³-hybridized carbons (Fsp3) is 0.462. The Morgan fingerprint density at radius 2 is 1.86 bits per heavy atom. The Bertz CT molecular complexity index is 620. The van der Waals surface area contributed by atoms with Crippen LogP contribution in [-0.2, 0) is 14.8 Å². The molecule has 21 heavy (non-hydrogen) atoms. The van der Waals surface area contributed by atoms with Gasteiger partial charge in [0.2, 0.25) is 0 Å². The summed E-state index contributed by atoms with van der Waals surface area (Å²) in [6.45, 7) is 6.76. The summed E-state index contributed by atoms with van der Waals surface area (Å²) in [4.78, 5) is 13.4. The molecule has 118 valence electrons. The van der Waals surface area contributed by atoms with Gasteiger partial charge < -0.3 is 9.47 Å². The molecule has 0 saturated carbocycles. The first-order chi connectivity index (χ1) is 9.55. The van der Waals surface area contributed by atoms with Gasteiger partial charge in [-0.2, -0.15) is 0 Å². The van der Waals surface area contributed by atoms with E-state index >= 15 is 0 Å². The standard InChI is InChI=1S/C13H20N2O5S/c1-9-6-7-10(19-5)11(8-9)21(17,18)15-14-12(16)20-13(2,3)4/h6-8,15H,1-5H3,(H,14,16). The number of benzene rings is 1. The van der Waals surface area contributed by atoms with Gasteiger partial charge in [0.1, 0.15) is 16.2 Å². The van der Waals surface area contributed by atoms with Crippen LogP contribution in [-0.4, -0.2) is 27.2 Å². The van der Waals surface area contributed by atoms with Crippen LogP contribution < -0.4 is 15.0 Å². The molecule has 0 bridgehead atoms. The Hall–Kier alpha value is -1.80. The number of hydrazine groups is 1. The second-order valence-electron chi connectivity index (χ2n) is 5.39. The minimum atomic E-state index is -3.96. The minimum absolute atomic E-state index is 0.0685. The molecule has 0 aliphatic carbocycles. The smallest absolute Gasteiger partial charge is 0.423 e. The molecule has 0 heterocycles. The van der Waals surface area contributed by atoms with E-state index in [9.17, 15) is 13.2 Å². The molecule has 1 aromatic rings. The lowest BCUT2D eigenvalue weighted by Crippen LogP contribution is -2.44. The average Bonchev–Trinajstić information content (AvgIpc) is 2.34. The summed E-state index contributed by atoms with van der Waals surface area (Å²) in [7, 11) is -2.60. The molecule has 0 unspecified atom stereocenters. The van der Waals surface area contributed by atoms with E-state index in [1.807, 2.05) is 10.3 Å². The highest BCUT2D eigenvalue weighted by atomic mass is 32.2. The largest absolute Gasteiger partial charge is 0.495 e. The molecule has 0 radical (unpaired) electrons. The highest BCUT2D eigenvalue weighted by Gasteiger charge is 2.22. The van der Waals surface area contributed by atoms with Gasteiger partial charge in [0.25, 0.3) is 10.0 Å². The SMILES string of the molecule is COc1ccc(C)cc1S(=O)(=O)NNC(=O)OC(C)(C)C. The van der Waals surface area contributed by atoms with Gasteiger partial charge in [-0.15, -0.1) is 4.83 Å². The maximum Gasteiger partial charge on any atom is 0.423 e. The van der Waals surface area contributed by atoms with E-state index in [0.29, 0.717) is 0 Å². The number of carbonyl (C=O) groups is 1. The lowest BCUT2D eigenvalue weighted by atomic mass is 10.2. The average molecular weight is 316 g/mol. The lowest BCUT2D eigenvalue weighted by molar-refractivity contribution is 0.0515. The van der Waals surface area contributed by atoms with E-state index in [2.05, 4.69) is 0 Å². The number of amides is 1. The maximum atomic E-state index is 12.2. The van der Waals surface area contributed by atoms with E-state index in [1.54, 1.807) is 33.8 Å². The van der Waals surface area contributed by atoms with Crippen LogP contribution in [0.3, 0.4) is 0 Å². The zero-order valence-corrected chi connectivity index (χ0v) is 13.5. The van der Waals surface area contributed by atoms with Gasteiger partial charge in [-0.3, -0.25) is 0 Å². The van der Waals surface area contributed by atoms with Gasteiger partial charge >= 0.3 is 6.09 Å². The van der Waals surface area contributed by atoms with Crippen molar-refractivity contribution in [2.75, 3.05) is 7.11 Å². The molecule has 2 N–H and O–H groups in total. The number of hydrogen-bond acceptors (Lipinski definition) is 5. The fourth-order valence-corrected chi connectivity index (χ4v) is 2.55. The van der Waals surface area contributed by atoms with E-state index in [1.165, 1.54) is 19.2 Å². The first-order valence-electron chi connectivity index (χ1n) is 6.20. The predicted octanol–water partition coefficient (Wildman–Crippen LogP) is 1.72. The third kappa shape index (κ3) is 5.24. The Balaban J connectivity index is 2.88. The van der Waals surface area contributed by atoms with Crippen LogP contribution in [0.4, 0.5) is 4.79 Å². The third-order valence-corrected chi connectivity index (χ3v) is 3.56. The van der Waals surface area contributed by atoms with Crippen molar-refractivity contribution in [1.29, 1.82) is 0 Å². The molecule has 1 rings (SSSR count). The molecule has 1 aromatic carbocycles. The van der Waals surface area contributed by atoms with Crippen molar-refractivity contribution in [2.45, 2.75) is 38.2 Å². The molecule has 0 fully saturated rings. The summed E-state index contributed by atoms with van der Waals surface area (Å²) in [6, 6.07) is 4.70. The maximum absolute atomic E-state index is 12.2. The highest BCUT2D eigenvalue weighted by molar-refractivity contribution is 7.89. The van der Waals surface area contributed by atoms with E-state index in [-0.39, 0.29) is 10.6 Å². The van der Waals surface area contributed by atoms with Crippen LogP contribution in [0.5, 0.6) is 5.75 Å². The van der Waals surface area contributed by atoms with Gasteiger partial charge in [-0.05, 0) is 45.4 Å². The second-order valence-corrected chi connectivity index (χ2v) is 7.04. The summed E-state index contributed by atoms with van der Waals surface area (Å²) < 4.78 is 34.3. The summed E-state index contributed by atoms with van der Waals surface area (Å²) >= 11 is 0. The second kappa shape index (κ2) is 6.31. The van der Waals surface area contributed by atoms with E-state index in [0.717, 1.165) is 5.56 Å². The number of hydrogen-bond donors (Lipinski definition) is 2. The molecule has 0 saturated heterocycles. The molecule has 1 amide bonds. The topological polar surface area (TPSA) is 93.7 Å². The summed E-state index contributed by atoms with van der Waals surface area (Å²) in [5, 5.41) is 0. The van der Waals surface area contributed by atoms with Crippen molar-refractivity contribution in [3.05, 3.63) is 23.8 Å². The monoisotopic (exact) mass is 316 g/mol. The zero-order chi connectivity index (χ0) is 16.3.